The molecule has 2 N–H and O–H groups in total. The number of alkyl halides is 3. The van der Waals surface area contributed by atoms with Gasteiger partial charge in [-0.15, -0.1) is 0 Å². The lowest BCUT2D eigenvalue weighted by Crippen LogP contribution is -2.34. The SMILES string of the molecule is CC(C)(C)OC(=O)NCCn1cc(-c2ccc(C(F)(F)F)cc2O)cn1. The topological polar surface area (TPSA) is 76.4 Å². The van der Waals surface area contributed by atoms with Crippen molar-refractivity contribution in [2.24, 2.45) is 0 Å². The zero-order chi connectivity index (χ0) is 19.5. The Morgan fingerprint density at radius 1 is 1.31 bits per heavy atom. The molecular formula is C17H20F3N3O3. The van der Waals surface area contributed by atoms with Gasteiger partial charge in [-0.2, -0.15) is 18.3 Å². The maximum Gasteiger partial charge on any atom is 0.416 e. The Labute approximate surface area is 148 Å². The van der Waals surface area contributed by atoms with Gasteiger partial charge in [0.15, 0.2) is 0 Å². The highest BCUT2D eigenvalue weighted by molar-refractivity contribution is 5.69. The van der Waals surface area contributed by atoms with E-state index in [0.717, 1.165) is 6.07 Å². The minimum absolute atomic E-state index is 0.240. The van der Waals surface area contributed by atoms with Crippen LogP contribution in [0, 0.1) is 0 Å². The second kappa shape index (κ2) is 7.27. The Morgan fingerprint density at radius 2 is 2.00 bits per heavy atom. The molecule has 26 heavy (non-hydrogen) atoms. The van der Waals surface area contributed by atoms with Crippen molar-refractivity contribution in [1.82, 2.24) is 15.1 Å². The van der Waals surface area contributed by atoms with E-state index in [1.807, 2.05) is 0 Å². The first-order chi connectivity index (χ1) is 12.0. The van der Waals surface area contributed by atoms with Gasteiger partial charge in [0.25, 0.3) is 0 Å². The monoisotopic (exact) mass is 371 g/mol. The van der Waals surface area contributed by atoms with Gasteiger partial charge in [0.2, 0.25) is 0 Å². The number of halogens is 3. The second-order valence-corrected chi connectivity index (χ2v) is 6.65. The molecule has 0 aliphatic rings. The minimum atomic E-state index is -4.52. The molecule has 1 aromatic heterocycles. The lowest BCUT2D eigenvalue weighted by Gasteiger charge is -2.19. The Kier molecular flexibility index (Phi) is 5.48. The highest BCUT2D eigenvalue weighted by Crippen LogP contribution is 2.36. The summed E-state index contributed by atoms with van der Waals surface area (Å²) in [6, 6.07) is 2.77. The number of nitrogens with one attached hydrogen (secondary N) is 1. The number of ether oxygens (including phenoxy) is 1. The number of carbonyl (C=O) groups is 1. The van der Waals surface area contributed by atoms with Crippen LogP contribution in [0.2, 0.25) is 0 Å². The molecule has 0 aliphatic carbocycles. The van der Waals surface area contributed by atoms with Gasteiger partial charge in [-0.05, 0) is 39.0 Å². The van der Waals surface area contributed by atoms with Gasteiger partial charge in [-0.1, -0.05) is 0 Å². The van der Waals surface area contributed by atoms with E-state index in [-0.39, 0.29) is 12.1 Å². The van der Waals surface area contributed by atoms with Crippen molar-refractivity contribution < 1.29 is 27.8 Å². The van der Waals surface area contributed by atoms with Crippen molar-refractivity contribution in [3.8, 4) is 16.9 Å². The number of phenolic OH excluding ortho intramolecular Hbond substituents is 1. The van der Waals surface area contributed by atoms with E-state index in [1.165, 1.54) is 16.9 Å². The van der Waals surface area contributed by atoms with Crippen LogP contribution in [0.3, 0.4) is 0 Å². The fourth-order valence-corrected chi connectivity index (χ4v) is 2.16. The zero-order valence-corrected chi connectivity index (χ0v) is 14.6. The smallest absolute Gasteiger partial charge is 0.416 e. The number of benzene rings is 1. The summed E-state index contributed by atoms with van der Waals surface area (Å²) in [4.78, 5) is 11.5. The van der Waals surface area contributed by atoms with Gasteiger partial charge >= 0.3 is 12.3 Å². The minimum Gasteiger partial charge on any atom is -0.507 e. The first-order valence-corrected chi connectivity index (χ1v) is 7.85. The Morgan fingerprint density at radius 3 is 2.58 bits per heavy atom. The summed E-state index contributed by atoms with van der Waals surface area (Å²) >= 11 is 0. The molecule has 0 saturated carbocycles. The summed E-state index contributed by atoms with van der Waals surface area (Å²) in [5.74, 6) is -0.480. The fourth-order valence-electron chi connectivity index (χ4n) is 2.16. The van der Waals surface area contributed by atoms with E-state index >= 15 is 0 Å². The summed E-state index contributed by atoms with van der Waals surface area (Å²) < 4.78 is 44.5. The fraction of sp³-hybridized carbons (Fsp3) is 0.412. The molecule has 2 aromatic rings. The molecule has 1 heterocycles. The van der Waals surface area contributed by atoms with Crippen molar-refractivity contribution in [3.05, 3.63) is 36.2 Å². The van der Waals surface area contributed by atoms with Gasteiger partial charge in [-0.3, -0.25) is 4.68 Å². The standard InChI is InChI=1S/C17H20F3N3O3/c1-16(2,3)26-15(25)21-6-7-23-10-11(9-22-23)13-5-4-12(8-14(13)24)17(18,19)20/h4-5,8-10,24H,6-7H2,1-3H3,(H,21,25). The summed E-state index contributed by atoms with van der Waals surface area (Å²) in [7, 11) is 0. The van der Waals surface area contributed by atoms with E-state index in [0.29, 0.717) is 18.2 Å². The van der Waals surface area contributed by atoms with Crippen LogP contribution in [0.5, 0.6) is 5.75 Å². The third kappa shape index (κ3) is 5.40. The molecule has 0 aliphatic heterocycles. The van der Waals surface area contributed by atoms with Crippen LogP contribution in [0.25, 0.3) is 11.1 Å². The Hall–Kier alpha value is -2.71. The predicted molar refractivity (Wildman–Crippen MR) is 88.6 cm³/mol. The number of rotatable bonds is 4. The first-order valence-electron chi connectivity index (χ1n) is 7.85. The normalized spacial score (nSPS) is 12.1. The van der Waals surface area contributed by atoms with Gasteiger partial charge in [0.1, 0.15) is 11.4 Å². The van der Waals surface area contributed by atoms with Gasteiger partial charge in [0, 0.05) is 23.9 Å². The number of hydrogen-bond donors (Lipinski definition) is 2. The molecule has 1 aromatic carbocycles. The van der Waals surface area contributed by atoms with Gasteiger partial charge in [0.05, 0.1) is 18.3 Å². The van der Waals surface area contributed by atoms with Crippen molar-refractivity contribution >= 4 is 6.09 Å². The Bertz CT molecular complexity index is 780. The molecule has 6 nitrogen and oxygen atoms in total. The lowest BCUT2D eigenvalue weighted by atomic mass is 10.1. The number of phenols is 1. The van der Waals surface area contributed by atoms with E-state index < -0.39 is 29.2 Å². The number of alkyl carbamates (subject to hydrolysis) is 1. The average molecular weight is 371 g/mol. The zero-order valence-electron chi connectivity index (χ0n) is 14.6. The number of hydrogen-bond acceptors (Lipinski definition) is 4. The molecule has 0 unspecified atom stereocenters. The van der Waals surface area contributed by atoms with Crippen molar-refractivity contribution in [2.45, 2.75) is 39.1 Å². The highest BCUT2D eigenvalue weighted by atomic mass is 19.4. The van der Waals surface area contributed by atoms with E-state index in [4.69, 9.17) is 4.74 Å². The highest BCUT2D eigenvalue weighted by Gasteiger charge is 2.31. The van der Waals surface area contributed by atoms with Crippen LogP contribution in [0.15, 0.2) is 30.6 Å². The number of carbonyl (C=O) groups excluding carboxylic acids is 1. The molecule has 0 atom stereocenters. The number of aromatic hydroxyl groups is 1. The van der Waals surface area contributed by atoms with Crippen molar-refractivity contribution in [3.63, 3.8) is 0 Å². The molecule has 9 heteroatoms. The average Bonchev–Trinajstić information content (AvgIpc) is 2.92. The van der Waals surface area contributed by atoms with Crippen LogP contribution in [-0.4, -0.2) is 33.1 Å². The Balaban J connectivity index is 1.99. The summed E-state index contributed by atoms with van der Waals surface area (Å²) in [6.45, 7) is 5.85. The number of amides is 1. The van der Waals surface area contributed by atoms with E-state index in [9.17, 15) is 23.1 Å². The maximum atomic E-state index is 12.6. The quantitative estimate of drug-likeness (QED) is 0.857. The summed E-state index contributed by atoms with van der Waals surface area (Å²) in [6.07, 6.45) is -2.08. The van der Waals surface area contributed by atoms with Gasteiger partial charge < -0.3 is 15.2 Å². The third-order valence-corrected chi connectivity index (χ3v) is 3.28. The maximum absolute atomic E-state index is 12.6. The van der Waals surface area contributed by atoms with E-state index in [2.05, 4.69) is 10.4 Å². The van der Waals surface area contributed by atoms with E-state index in [1.54, 1.807) is 27.0 Å². The molecule has 2 rings (SSSR count). The van der Waals surface area contributed by atoms with Crippen molar-refractivity contribution in [1.29, 1.82) is 0 Å². The van der Waals surface area contributed by atoms with Crippen LogP contribution in [0.4, 0.5) is 18.0 Å². The van der Waals surface area contributed by atoms with Crippen LogP contribution >= 0.6 is 0 Å². The molecule has 0 saturated heterocycles. The second-order valence-electron chi connectivity index (χ2n) is 6.65. The summed E-state index contributed by atoms with van der Waals surface area (Å²) in [5, 5.41) is 16.5. The third-order valence-electron chi connectivity index (χ3n) is 3.28. The van der Waals surface area contributed by atoms with Crippen LogP contribution in [0.1, 0.15) is 26.3 Å². The number of aromatic nitrogens is 2. The van der Waals surface area contributed by atoms with Crippen LogP contribution < -0.4 is 5.32 Å². The molecule has 142 valence electrons. The summed E-state index contributed by atoms with van der Waals surface area (Å²) in [5.41, 5.74) is -0.811. The number of nitrogens with zero attached hydrogens (tertiary/aromatic N) is 2. The molecule has 0 bridgehead atoms. The van der Waals surface area contributed by atoms with Crippen molar-refractivity contribution in [2.75, 3.05) is 6.54 Å². The largest absolute Gasteiger partial charge is 0.507 e. The van der Waals surface area contributed by atoms with Gasteiger partial charge in [-0.25, -0.2) is 4.79 Å². The molecular weight excluding hydrogens is 351 g/mol. The first kappa shape index (κ1) is 19.6. The molecule has 0 radical (unpaired) electrons. The molecule has 0 fully saturated rings. The molecule has 0 spiro atoms. The molecule has 1 amide bonds. The predicted octanol–water partition coefficient (Wildman–Crippen LogP) is 3.80. The van der Waals surface area contributed by atoms with Crippen LogP contribution in [-0.2, 0) is 17.5 Å². The lowest BCUT2D eigenvalue weighted by molar-refractivity contribution is -0.137.